The van der Waals surface area contributed by atoms with Crippen molar-refractivity contribution in [1.82, 2.24) is 4.90 Å². The molecule has 3 nitrogen and oxygen atoms in total. The zero-order valence-corrected chi connectivity index (χ0v) is 10.9. The van der Waals surface area contributed by atoms with Crippen LogP contribution in [0.15, 0.2) is 18.2 Å². The van der Waals surface area contributed by atoms with Gasteiger partial charge < -0.3 is 4.74 Å². The molecule has 0 aliphatic rings. The molecule has 0 heterocycles. The number of rotatable bonds is 6. The molecule has 0 radical (unpaired) electrons. The second-order valence-corrected chi connectivity index (χ2v) is 4.24. The molecule has 0 unspecified atom stereocenters. The Morgan fingerprint density at radius 1 is 1.35 bits per heavy atom. The van der Waals surface area contributed by atoms with Crippen molar-refractivity contribution in [1.29, 1.82) is 5.26 Å². The smallest absolute Gasteiger partial charge is 0.383 e. The van der Waals surface area contributed by atoms with Gasteiger partial charge in [-0.1, -0.05) is 6.07 Å². The molecule has 0 saturated heterocycles. The average Bonchev–Trinajstić information content (AvgIpc) is 2.36. The van der Waals surface area contributed by atoms with Crippen LogP contribution in [0.3, 0.4) is 0 Å². The van der Waals surface area contributed by atoms with Crippen LogP contribution in [0.1, 0.15) is 11.1 Å². The van der Waals surface area contributed by atoms with Crippen LogP contribution in [0.2, 0.25) is 0 Å². The number of benzene rings is 1. The van der Waals surface area contributed by atoms with Gasteiger partial charge in [-0.05, 0) is 12.1 Å². The Bertz CT molecular complexity index is 482. The summed E-state index contributed by atoms with van der Waals surface area (Å²) in [5.41, 5.74) is 0.245. The summed E-state index contributed by atoms with van der Waals surface area (Å²) in [6.45, 7) is -1.18. The lowest BCUT2D eigenvalue weighted by Gasteiger charge is -2.23. The SMILES string of the molecule is COCCN(Cc1ccc(C#N)cc1F)CC(F)(F)F. The number of nitrogens with zero attached hydrogens (tertiary/aromatic N) is 2. The lowest BCUT2D eigenvalue weighted by Crippen LogP contribution is -2.36. The minimum Gasteiger partial charge on any atom is -0.383 e. The predicted molar refractivity (Wildman–Crippen MR) is 64.3 cm³/mol. The van der Waals surface area contributed by atoms with E-state index in [-0.39, 0.29) is 30.8 Å². The first-order chi connectivity index (χ1) is 9.35. The zero-order chi connectivity index (χ0) is 15.2. The van der Waals surface area contributed by atoms with Gasteiger partial charge in [0.1, 0.15) is 5.82 Å². The number of halogens is 4. The standard InChI is InChI=1S/C13H14F4N2O/c1-20-5-4-19(9-13(15,16)17)8-11-3-2-10(7-18)6-12(11)14/h2-3,6H,4-5,8-9H2,1H3. The minimum atomic E-state index is -4.36. The molecule has 0 bridgehead atoms. The third-order valence-corrected chi connectivity index (χ3v) is 2.59. The molecule has 0 aliphatic carbocycles. The third-order valence-electron chi connectivity index (χ3n) is 2.59. The van der Waals surface area contributed by atoms with Crippen LogP contribution < -0.4 is 0 Å². The van der Waals surface area contributed by atoms with Crippen LogP contribution in [0.25, 0.3) is 0 Å². The van der Waals surface area contributed by atoms with E-state index in [1.54, 1.807) is 6.07 Å². The van der Waals surface area contributed by atoms with Gasteiger partial charge in [0, 0.05) is 25.8 Å². The molecule has 0 amide bonds. The number of alkyl halides is 3. The molecule has 0 fully saturated rings. The fourth-order valence-electron chi connectivity index (χ4n) is 1.67. The van der Waals surface area contributed by atoms with E-state index in [1.807, 2.05) is 0 Å². The Morgan fingerprint density at radius 3 is 2.55 bits per heavy atom. The maximum Gasteiger partial charge on any atom is 0.401 e. The van der Waals surface area contributed by atoms with Gasteiger partial charge in [0.05, 0.1) is 24.8 Å². The summed E-state index contributed by atoms with van der Waals surface area (Å²) in [5, 5.41) is 8.61. The van der Waals surface area contributed by atoms with Crippen LogP contribution in [0.4, 0.5) is 17.6 Å². The molecule has 0 saturated carbocycles. The normalized spacial score (nSPS) is 11.7. The summed E-state index contributed by atoms with van der Waals surface area (Å²) in [6, 6.07) is 5.48. The Kier molecular flexibility index (Phi) is 5.92. The second kappa shape index (κ2) is 7.22. The Labute approximate surface area is 114 Å². The summed E-state index contributed by atoms with van der Waals surface area (Å²) in [6.07, 6.45) is -4.36. The Balaban J connectivity index is 2.81. The minimum absolute atomic E-state index is 0.0372. The van der Waals surface area contributed by atoms with Crippen molar-refractivity contribution < 1.29 is 22.3 Å². The summed E-state index contributed by atoms with van der Waals surface area (Å²) in [7, 11) is 1.38. The molecule has 110 valence electrons. The molecule has 0 atom stereocenters. The van der Waals surface area contributed by atoms with E-state index in [2.05, 4.69) is 0 Å². The van der Waals surface area contributed by atoms with Gasteiger partial charge in [0.15, 0.2) is 0 Å². The van der Waals surface area contributed by atoms with Crippen molar-refractivity contribution in [3.8, 4) is 6.07 Å². The fourth-order valence-corrected chi connectivity index (χ4v) is 1.67. The highest BCUT2D eigenvalue weighted by atomic mass is 19.4. The van der Waals surface area contributed by atoms with Gasteiger partial charge in [0.25, 0.3) is 0 Å². The maximum absolute atomic E-state index is 13.7. The Hall–Kier alpha value is -1.65. The molecule has 1 aromatic rings. The third kappa shape index (κ3) is 5.55. The van der Waals surface area contributed by atoms with Gasteiger partial charge >= 0.3 is 6.18 Å². The fraction of sp³-hybridized carbons (Fsp3) is 0.462. The van der Waals surface area contributed by atoms with Gasteiger partial charge in [0.2, 0.25) is 0 Å². The number of hydrogen-bond donors (Lipinski definition) is 0. The van der Waals surface area contributed by atoms with Crippen LogP contribution in [0.5, 0.6) is 0 Å². The van der Waals surface area contributed by atoms with Crippen molar-refractivity contribution in [2.45, 2.75) is 12.7 Å². The maximum atomic E-state index is 13.7. The first-order valence-corrected chi connectivity index (χ1v) is 5.82. The molecule has 0 spiro atoms. The quantitative estimate of drug-likeness (QED) is 0.756. The van der Waals surface area contributed by atoms with Crippen LogP contribution in [0, 0.1) is 17.1 Å². The van der Waals surface area contributed by atoms with Crippen molar-refractivity contribution in [2.75, 3.05) is 26.8 Å². The highest BCUT2D eigenvalue weighted by Crippen LogP contribution is 2.19. The van der Waals surface area contributed by atoms with E-state index >= 15 is 0 Å². The molecule has 0 aliphatic heterocycles. The molecule has 0 aromatic heterocycles. The van der Waals surface area contributed by atoms with Gasteiger partial charge in [-0.2, -0.15) is 18.4 Å². The average molecular weight is 290 g/mol. The van der Waals surface area contributed by atoms with E-state index in [0.717, 1.165) is 11.0 Å². The summed E-state index contributed by atoms with van der Waals surface area (Å²) >= 11 is 0. The van der Waals surface area contributed by atoms with Crippen LogP contribution in [-0.2, 0) is 11.3 Å². The molecular formula is C13H14F4N2O. The summed E-state index contributed by atoms with van der Waals surface area (Å²) in [4.78, 5) is 1.05. The van der Waals surface area contributed by atoms with Crippen LogP contribution in [-0.4, -0.2) is 37.9 Å². The monoisotopic (exact) mass is 290 g/mol. The van der Waals surface area contributed by atoms with Crippen LogP contribution >= 0.6 is 0 Å². The molecule has 20 heavy (non-hydrogen) atoms. The highest BCUT2D eigenvalue weighted by Gasteiger charge is 2.30. The lowest BCUT2D eigenvalue weighted by molar-refractivity contribution is -0.148. The van der Waals surface area contributed by atoms with Gasteiger partial charge in [-0.25, -0.2) is 4.39 Å². The lowest BCUT2D eigenvalue weighted by atomic mass is 10.1. The van der Waals surface area contributed by atoms with E-state index in [0.29, 0.717) is 0 Å². The molecule has 1 rings (SSSR count). The molecule has 7 heteroatoms. The number of methoxy groups -OCH3 is 1. The number of ether oxygens (including phenoxy) is 1. The molecular weight excluding hydrogens is 276 g/mol. The van der Waals surface area contributed by atoms with Gasteiger partial charge in [-0.3, -0.25) is 4.90 Å². The summed E-state index contributed by atoms with van der Waals surface area (Å²) in [5.74, 6) is -0.686. The topological polar surface area (TPSA) is 36.3 Å². The van der Waals surface area contributed by atoms with E-state index in [1.165, 1.54) is 19.2 Å². The Morgan fingerprint density at radius 2 is 2.05 bits per heavy atom. The predicted octanol–water partition coefficient (Wildman–Crippen LogP) is 2.71. The molecule has 1 aromatic carbocycles. The first kappa shape index (κ1) is 16.4. The van der Waals surface area contributed by atoms with E-state index in [4.69, 9.17) is 10.00 Å². The zero-order valence-electron chi connectivity index (χ0n) is 10.9. The first-order valence-electron chi connectivity index (χ1n) is 5.82. The van der Waals surface area contributed by atoms with E-state index < -0.39 is 18.5 Å². The van der Waals surface area contributed by atoms with Crippen molar-refractivity contribution in [3.05, 3.63) is 35.1 Å². The largest absolute Gasteiger partial charge is 0.401 e. The van der Waals surface area contributed by atoms with E-state index in [9.17, 15) is 17.6 Å². The second-order valence-electron chi connectivity index (χ2n) is 4.24. The van der Waals surface area contributed by atoms with Gasteiger partial charge in [-0.15, -0.1) is 0 Å². The number of hydrogen-bond acceptors (Lipinski definition) is 3. The molecule has 0 N–H and O–H groups in total. The summed E-state index contributed by atoms with van der Waals surface area (Å²) < 4.78 is 55.7. The highest BCUT2D eigenvalue weighted by molar-refractivity contribution is 5.32. The van der Waals surface area contributed by atoms with Crippen molar-refractivity contribution >= 4 is 0 Å². The van der Waals surface area contributed by atoms with Crippen molar-refractivity contribution in [3.63, 3.8) is 0 Å². The number of nitriles is 1. The van der Waals surface area contributed by atoms with Crippen molar-refractivity contribution in [2.24, 2.45) is 0 Å².